The molecule has 2 aromatic rings. The molecule has 0 nitrogen and oxygen atoms in total. The summed E-state index contributed by atoms with van der Waals surface area (Å²) < 4.78 is 0. The minimum atomic E-state index is 0.572. The summed E-state index contributed by atoms with van der Waals surface area (Å²) in [6.07, 6.45) is 3.48. The summed E-state index contributed by atoms with van der Waals surface area (Å²) in [5.74, 6) is 0.572. The molecule has 0 aromatic heterocycles. The smallest absolute Gasteiger partial charge is 0.00982 e. The highest BCUT2D eigenvalue weighted by Gasteiger charge is 2.22. The van der Waals surface area contributed by atoms with E-state index in [1.807, 2.05) is 0 Å². The normalized spacial score (nSPS) is 18.8. The van der Waals surface area contributed by atoms with Gasteiger partial charge in [0, 0.05) is 5.92 Å². The molecule has 1 aliphatic carbocycles. The summed E-state index contributed by atoms with van der Waals surface area (Å²) in [7, 11) is 0. The van der Waals surface area contributed by atoms with Crippen LogP contribution >= 0.6 is 0 Å². The van der Waals surface area contributed by atoms with Gasteiger partial charge in [0.05, 0.1) is 0 Å². The Morgan fingerprint density at radius 2 is 1.53 bits per heavy atom. The molecule has 1 atom stereocenters. The summed E-state index contributed by atoms with van der Waals surface area (Å²) in [6.45, 7) is 0. The van der Waals surface area contributed by atoms with Crippen LogP contribution in [0.4, 0.5) is 0 Å². The molecule has 0 saturated heterocycles. The molecular formula is C15H13. The molecule has 0 aliphatic heterocycles. The Bertz CT molecular complexity index is 456. The average Bonchev–Trinajstić information content (AvgIpc) is 2.74. The fourth-order valence-corrected chi connectivity index (χ4v) is 2.39. The molecule has 0 bridgehead atoms. The fourth-order valence-electron chi connectivity index (χ4n) is 2.39. The van der Waals surface area contributed by atoms with Crippen LogP contribution in [0.3, 0.4) is 0 Å². The third-order valence-corrected chi connectivity index (χ3v) is 3.15. The Labute approximate surface area is 90.6 Å². The van der Waals surface area contributed by atoms with Crippen molar-refractivity contribution in [2.45, 2.75) is 12.3 Å². The largest absolute Gasteiger partial charge is 0.0622 e. The Hall–Kier alpha value is -1.56. The minimum absolute atomic E-state index is 0.572. The topological polar surface area (TPSA) is 0 Å². The lowest BCUT2D eigenvalue weighted by molar-refractivity contribution is 0.854. The van der Waals surface area contributed by atoms with Gasteiger partial charge in [-0.25, -0.2) is 0 Å². The molecule has 0 heterocycles. The van der Waals surface area contributed by atoms with Gasteiger partial charge in [0.25, 0.3) is 0 Å². The van der Waals surface area contributed by atoms with Gasteiger partial charge >= 0.3 is 0 Å². The van der Waals surface area contributed by atoms with Crippen molar-refractivity contribution in [2.75, 3.05) is 0 Å². The molecule has 0 amide bonds. The van der Waals surface area contributed by atoms with Gasteiger partial charge in [0.2, 0.25) is 0 Å². The van der Waals surface area contributed by atoms with Crippen LogP contribution in [0, 0.1) is 6.42 Å². The standard InChI is InChI=1S/C15H13/c1-2-6-12(7-3-1)15-11-10-13-8-4-5-9-14(13)15/h1-10,15H,11H2. The second-order valence-corrected chi connectivity index (χ2v) is 4.03. The van der Waals surface area contributed by atoms with Crippen LogP contribution in [-0.4, -0.2) is 0 Å². The van der Waals surface area contributed by atoms with Crippen LogP contribution in [0.25, 0.3) is 0 Å². The van der Waals surface area contributed by atoms with Crippen molar-refractivity contribution in [3.63, 3.8) is 0 Å². The fraction of sp³-hybridized carbons (Fsp3) is 0.133. The highest BCUT2D eigenvalue weighted by molar-refractivity contribution is 5.46. The van der Waals surface area contributed by atoms with Crippen LogP contribution < -0.4 is 0 Å². The average molecular weight is 193 g/mol. The second-order valence-electron chi connectivity index (χ2n) is 4.03. The number of benzene rings is 2. The molecular weight excluding hydrogens is 180 g/mol. The van der Waals surface area contributed by atoms with Crippen LogP contribution in [0.5, 0.6) is 0 Å². The third-order valence-electron chi connectivity index (χ3n) is 3.15. The lowest BCUT2D eigenvalue weighted by Crippen LogP contribution is -1.94. The van der Waals surface area contributed by atoms with Crippen LogP contribution in [0.1, 0.15) is 29.0 Å². The predicted octanol–water partition coefficient (Wildman–Crippen LogP) is 3.77. The van der Waals surface area contributed by atoms with E-state index in [0.717, 1.165) is 6.42 Å². The first-order valence-electron chi connectivity index (χ1n) is 5.42. The van der Waals surface area contributed by atoms with Gasteiger partial charge in [-0.05, 0) is 29.5 Å². The Morgan fingerprint density at radius 3 is 2.40 bits per heavy atom. The number of hydrogen-bond donors (Lipinski definition) is 0. The van der Waals surface area contributed by atoms with Crippen molar-refractivity contribution in [3.8, 4) is 0 Å². The maximum Gasteiger partial charge on any atom is 0.00982 e. The first-order chi connectivity index (χ1) is 7.45. The maximum absolute atomic E-state index is 2.34. The third kappa shape index (κ3) is 1.46. The summed E-state index contributed by atoms with van der Waals surface area (Å²) >= 11 is 0. The summed E-state index contributed by atoms with van der Waals surface area (Å²) in [5, 5.41) is 0. The summed E-state index contributed by atoms with van der Waals surface area (Å²) in [4.78, 5) is 0. The molecule has 3 rings (SSSR count). The minimum Gasteiger partial charge on any atom is -0.0622 e. The first-order valence-corrected chi connectivity index (χ1v) is 5.42. The van der Waals surface area contributed by atoms with Gasteiger partial charge in [-0.1, -0.05) is 54.6 Å². The zero-order valence-electron chi connectivity index (χ0n) is 8.56. The SMILES string of the molecule is [CH]1CC(c2ccccc2)c2ccccc21. The molecule has 0 N–H and O–H groups in total. The van der Waals surface area contributed by atoms with Gasteiger partial charge in [0.15, 0.2) is 0 Å². The van der Waals surface area contributed by atoms with Gasteiger partial charge in [-0.15, -0.1) is 0 Å². The van der Waals surface area contributed by atoms with Crippen LogP contribution in [0.15, 0.2) is 54.6 Å². The van der Waals surface area contributed by atoms with Gasteiger partial charge in [-0.3, -0.25) is 0 Å². The first kappa shape index (κ1) is 8.72. The van der Waals surface area contributed by atoms with Crippen molar-refractivity contribution in [2.24, 2.45) is 0 Å². The maximum atomic E-state index is 2.34. The van der Waals surface area contributed by atoms with E-state index in [1.165, 1.54) is 16.7 Å². The van der Waals surface area contributed by atoms with Crippen molar-refractivity contribution >= 4 is 0 Å². The van der Waals surface area contributed by atoms with Crippen molar-refractivity contribution < 1.29 is 0 Å². The van der Waals surface area contributed by atoms with Crippen molar-refractivity contribution in [3.05, 3.63) is 77.7 Å². The molecule has 0 heteroatoms. The second kappa shape index (κ2) is 3.54. The molecule has 73 valence electrons. The van der Waals surface area contributed by atoms with Gasteiger partial charge in [0.1, 0.15) is 0 Å². The Balaban J connectivity index is 2.05. The Kier molecular flexibility index (Phi) is 2.06. The van der Waals surface area contributed by atoms with Crippen molar-refractivity contribution in [1.82, 2.24) is 0 Å². The summed E-state index contributed by atoms with van der Waals surface area (Å²) in [6, 6.07) is 19.5. The number of hydrogen-bond acceptors (Lipinski definition) is 0. The van der Waals surface area contributed by atoms with Gasteiger partial charge < -0.3 is 0 Å². The number of rotatable bonds is 1. The molecule has 1 aliphatic rings. The van der Waals surface area contributed by atoms with E-state index in [2.05, 4.69) is 61.0 Å². The van der Waals surface area contributed by atoms with E-state index in [9.17, 15) is 0 Å². The Morgan fingerprint density at radius 1 is 0.800 bits per heavy atom. The molecule has 2 aromatic carbocycles. The summed E-state index contributed by atoms with van der Waals surface area (Å²) in [5.41, 5.74) is 4.31. The molecule has 1 radical (unpaired) electrons. The molecule has 0 fully saturated rings. The predicted molar refractivity (Wildman–Crippen MR) is 62.7 cm³/mol. The number of fused-ring (bicyclic) bond motifs is 1. The molecule has 0 spiro atoms. The highest BCUT2D eigenvalue weighted by atomic mass is 14.3. The molecule has 1 unspecified atom stereocenters. The van der Waals surface area contributed by atoms with E-state index in [-0.39, 0.29) is 0 Å². The zero-order chi connectivity index (χ0) is 10.1. The van der Waals surface area contributed by atoms with Crippen molar-refractivity contribution in [1.29, 1.82) is 0 Å². The molecule has 0 saturated carbocycles. The van der Waals surface area contributed by atoms with E-state index in [4.69, 9.17) is 0 Å². The zero-order valence-corrected chi connectivity index (χ0v) is 8.56. The quantitative estimate of drug-likeness (QED) is 0.646. The van der Waals surface area contributed by atoms with Gasteiger partial charge in [-0.2, -0.15) is 0 Å². The highest BCUT2D eigenvalue weighted by Crippen LogP contribution is 2.38. The van der Waals surface area contributed by atoms with Crippen LogP contribution in [-0.2, 0) is 0 Å². The molecule has 15 heavy (non-hydrogen) atoms. The van der Waals surface area contributed by atoms with E-state index < -0.39 is 0 Å². The lowest BCUT2D eigenvalue weighted by atomic mass is 9.93. The lowest BCUT2D eigenvalue weighted by Gasteiger charge is -2.11. The monoisotopic (exact) mass is 193 g/mol. The van der Waals surface area contributed by atoms with E-state index in [0.29, 0.717) is 5.92 Å². The van der Waals surface area contributed by atoms with Crippen LogP contribution in [0.2, 0.25) is 0 Å². The van der Waals surface area contributed by atoms with E-state index >= 15 is 0 Å². The van der Waals surface area contributed by atoms with E-state index in [1.54, 1.807) is 0 Å².